The largest absolute Gasteiger partial charge is 0.467 e. The third kappa shape index (κ3) is 7.11. The topological polar surface area (TPSA) is 87.1 Å². The molecular weight excluding hydrogens is 384 g/mol. The predicted octanol–water partition coefficient (Wildman–Crippen LogP) is 3.44. The average Bonchev–Trinajstić information content (AvgIpc) is 3.13. The van der Waals surface area contributed by atoms with E-state index in [2.05, 4.69) is 10.6 Å². The van der Waals surface area contributed by atoms with E-state index in [0.29, 0.717) is 24.5 Å². The van der Waals surface area contributed by atoms with Crippen LogP contribution in [0.3, 0.4) is 0 Å². The Balaban J connectivity index is 2.33. The fourth-order valence-corrected chi connectivity index (χ4v) is 2.95. The SMILES string of the molecule is COCC(=O)Nc1ccc(N(C)C)c(CN(Cc2ccco2)C(=O)NC(C)(C)C)c1. The van der Waals surface area contributed by atoms with Gasteiger partial charge in [0.2, 0.25) is 5.91 Å². The van der Waals surface area contributed by atoms with E-state index in [0.717, 1.165) is 11.3 Å². The van der Waals surface area contributed by atoms with Crippen LogP contribution in [-0.4, -0.2) is 50.2 Å². The highest BCUT2D eigenvalue weighted by Gasteiger charge is 2.22. The molecular formula is C22H32N4O4. The van der Waals surface area contributed by atoms with Crippen LogP contribution in [0.2, 0.25) is 0 Å². The summed E-state index contributed by atoms with van der Waals surface area (Å²) in [6.07, 6.45) is 1.59. The lowest BCUT2D eigenvalue weighted by Gasteiger charge is -2.29. The van der Waals surface area contributed by atoms with E-state index in [1.54, 1.807) is 17.2 Å². The summed E-state index contributed by atoms with van der Waals surface area (Å²) in [6.45, 7) is 6.45. The van der Waals surface area contributed by atoms with Gasteiger partial charge < -0.3 is 29.6 Å². The van der Waals surface area contributed by atoms with Crippen LogP contribution in [0.5, 0.6) is 0 Å². The summed E-state index contributed by atoms with van der Waals surface area (Å²) < 4.78 is 10.3. The number of amides is 3. The van der Waals surface area contributed by atoms with E-state index in [-0.39, 0.29) is 24.1 Å². The zero-order valence-electron chi connectivity index (χ0n) is 18.6. The highest BCUT2D eigenvalue weighted by Crippen LogP contribution is 2.25. The summed E-state index contributed by atoms with van der Waals surface area (Å²) in [7, 11) is 5.35. The number of hydrogen-bond acceptors (Lipinski definition) is 5. The minimum Gasteiger partial charge on any atom is -0.467 e. The van der Waals surface area contributed by atoms with Crippen molar-refractivity contribution in [3.8, 4) is 0 Å². The molecule has 1 heterocycles. The van der Waals surface area contributed by atoms with E-state index in [9.17, 15) is 9.59 Å². The van der Waals surface area contributed by atoms with E-state index in [1.165, 1.54) is 7.11 Å². The number of carbonyl (C=O) groups excluding carboxylic acids is 2. The molecule has 0 unspecified atom stereocenters. The van der Waals surface area contributed by atoms with Gasteiger partial charge in [0.15, 0.2) is 0 Å². The average molecular weight is 417 g/mol. The molecule has 0 spiro atoms. The number of carbonyl (C=O) groups is 2. The molecule has 0 saturated carbocycles. The maximum atomic E-state index is 13.0. The summed E-state index contributed by atoms with van der Waals surface area (Å²) >= 11 is 0. The molecule has 1 aromatic carbocycles. The quantitative estimate of drug-likeness (QED) is 0.688. The highest BCUT2D eigenvalue weighted by molar-refractivity contribution is 5.92. The van der Waals surface area contributed by atoms with Gasteiger partial charge in [0.1, 0.15) is 12.4 Å². The Bertz CT molecular complexity index is 841. The predicted molar refractivity (Wildman–Crippen MR) is 118 cm³/mol. The molecule has 0 atom stereocenters. The Kier molecular flexibility index (Phi) is 7.88. The molecule has 0 bridgehead atoms. The first-order valence-electron chi connectivity index (χ1n) is 9.77. The monoisotopic (exact) mass is 416 g/mol. The van der Waals surface area contributed by atoms with Crippen LogP contribution < -0.4 is 15.5 Å². The Hall–Kier alpha value is -3.00. The second-order valence-corrected chi connectivity index (χ2v) is 8.33. The summed E-state index contributed by atoms with van der Waals surface area (Å²) in [5.74, 6) is 0.453. The van der Waals surface area contributed by atoms with Crippen molar-refractivity contribution in [2.75, 3.05) is 38.0 Å². The second-order valence-electron chi connectivity index (χ2n) is 8.33. The summed E-state index contributed by atoms with van der Waals surface area (Å²) in [6, 6.07) is 9.07. The van der Waals surface area contributed by atoms with Crippen LogP contribution in [0.25, 0.3) is 0 Å². The molecule has 0 radical (unpaired) electrons. The van der Waals surface area contributed by atoms with Crippen molar-refractivity contribution < 1.29 is 18.7 Å². The van der Waals surface area contributed by atoms with E-state index >= 15 is 0 Å². The van der Waals surface area contributed by atoms with Gasteiger partial charge in [-0.1, -0.05) is 0 Å². The van der Waals surface area contributed by atoms with Crippen molar-refractivity contribution in [1.82, 2.24) is 10.2 Å². The summed E-state index contributed by atoms with van der Waals surface area (Å²) in [5, 5.41) is 5.83. The van der Waals surface area contributed by atoms with Gasteiger partial charge in [0.25, 0.3) is 0 Å². The Morgan fingerprint density at radius 1 is 1.13 bits per heavy atom. The maximum absolute atomic E-state index is 13.0. The van der Waals surface area contributed by atoms with Gasteiger partial charge in [-0.05, 0) is 56.7 Å². The van der Waals surface area contributed by atoms with Gasteiger partial charge in [-0.25, -0.2) is 4.79 Å². The lowest BCUT2D eigenvalue weighted by atomic mass is 10.1. The molecule has 2 aromatic rings. The Morgan fingerprint density at radius 2 is 1.87 bits per heavy atom. The first kappa shape index (κ1) is 23.3. The molecule has 2 rings (SSSR count). The number of benzene rings is 1. The van der Waals surface area contributed by atoms with Crippen LogP contribution in [0.1, 0.15) is 32.1 Å². The van der Waals surface area contributed by atoms with E-state index in [1.807, 2.05) is 64.0 Å². The number of ether oxygens (including phenoxy) is 1. The zero-order valence-corrected chi connectivity index (χ0v) is 18.6. The van der Waals surface area contributed by atoms with Crippen LogP contribution in [0, 0.1) is 0 Å². The number of methoxy groups -OCH3 is 1. The second kappa shape index (κ2) is 10.2. The molecule has 3 amide bonds. The summed E-state index contributed by atoms with van der Waals surface area (Å²) in [4.78, 5) is 28.6. The molecule has 2 N–H and O–H groups in total. The lowest BCUT2D eigenvalue weighted by Crippen LogP contribution is -2.48. The number of nitrogens with one attached hydrogen (secondary N) is 2. The van der Waals surface area contributed by atoms with Crippen molar-refractivity contribution in [3.63, 3.8) is 0 Å². The number of nitrogens with zero attached hydrogens (tertiary/aromatic N) is 2. The highest BCUT2D eigenvalue weighted by atomic mass is 16.5. The third-order valence-corrected chi connectivity index (χ3v) is 4.18. The first-order valence-corrected chi connectivity index (χ1v) is 9.77. The Labute approximate surface area is 178 Å². The molecule has 0 aliphatic carbocycles. The number of anilines is 2. The number of hydrogen-bond donors (Lipinski definition) is 2. The molecule has 0 aliphatic rings. The van der Waals surface area contributed by atoms with Crippen LogP contribution in [0.4, 0.5) is 16.2 Å². The fraction of sp³-hybridized carbons (Fsp3) is 0.455. The van der Waals surface area contributed by atoms with Crippen molar-refractivity contribution in [2.24, 2.45) is 0 Å². The van der Waals surface area contributed by atoms with Crippen molar-refractivity contribution in [3.05, 3.63) is 47.9 Å². The molecule has 0 saturated heterocycles. The fourth-order valence-electron chi connectivity index (χ4n) is 2.95. The molecule has 164 valence electrons. The molecule has 8 nitrogen and oxygen atoms in total. The Morgan fingerprint density at radius 3 is 2.43 bits per heavy atom. The van der Waals surface area contributed by atoms with Crippen LogP contribution >= 0.6 is 0 Å². The third-order valence-electron chi connectivity index (χ3n) is 4.18. The molecule has 1 aromatic heterocycles. The molecule has 0 fully saturated rings. The first-order chi connectivity index (χ1) is 14.1. The maximum Gasteiger partial charge on any atom is 0.318 e. The standard InChI is InChI=1S/C22H32N4O4/c1-22(2,3)24-21(28)26(14-18-8-7-11-30-18)13-16-12-17(23-20(27)15-29-6)9-10-19(16)25(4)5/h7-12H,13-15H2,1-6H3,(H,23,27)(H,24,28). The van der Waals surface area contributed by atoms with E-state index in [4.69, 9.17) is 9.15 Å². The van der Waals surface area contributed by atoms with Crippen LogP contribution in [-0.2, 0) is 22.6 Å². The summed E-state index contributed by atoms with van der Waals surface area (Å²) in [5.41, 5.74) is 2.11. The smallest absolute Gasteiger partial charge is 0.318 e. The molecule has 8 heteroatoms. The van der Waals surface area contributed by atoms with Gasteiger partial charge in [0.05, 0.1) is 19.4 Å². The molecule has 0 aliphatic heterocycles. The zero-order chi connectivity index (χ0) is 22.3. The van der Waals surface area contributed by atoms with Gasteiger partial charge in [0, 0.05) is 38.1 Å². The van der Waals surface area contributed by atoms with Crippen molar-refractivity contribution >= 4 is 23.3 Å². The van der Waals surface area contributed by atoms with Crippen molar-refractivity contribution in [2.45, 2.75) is 39.4 Å². The number of furan rings is 1. The van der Waals surface area contributed by atoms with E-state index < -0.39 is 0 Å². The minimum absolute atomic E-state index is 0.0244. The van der Waals surface area contributed by atoms with Crippen LogP contribution in [0.15, 0.2) is 41.0 Å². The minimum atomic E-state index is -0.376. The van der Waals surface area contributed by atoms with Gasteiger partial charge in [-0.2, -0.15) is 0 Å². The number of rotatable bonds is 8. The molecule has 30 heavy (non-hydrogen) atoms. The van der Waals surface area contributed by atoms with Gasteiger partial charge >= 0.3 is 6.03 Å². The lowest BCUT2D eigenvalue weighted by molar-refractivity contribution is -0.119. The van der Waals surface area contributed by atoms with Crippen molar-refractivity contribution in [1.29, 1.82) is 0 Å². The normalized spacial score (nSPS) is 11.1. The number of urea groups is 1. The van der Waals surface area contributed by atoms with Gasteiger partial charge in [-0.15, -0.1) is 0 Å². The van der Waals surface area contributed by atoms with Gasteiger partial charge in [-0.3, -0.25) is 4.79 Å².